The summed E-state index contributed by atoms with van der Waals surface area (Å²) in [4.78, 5) is 6.99. The second kappa shape index (κ2) is 6.93. The highest BCUT2D eigenvalue weighted by molar-refractivity contribution is 6.31. The summed E-state index contributed by atoms with van der Waals surface area (Å²) in [5, 5.41) is 4.23. The van der Waals surface area contributed by atoms with Crippen molar-refractivity contribution in [2.45, 2.75) is 25.6 Å². The number of oxazole rings is 1. The first-order valence-electron chi connectivity index (χ1n) is 8.31. The quantitative estimate of drug-likeness (QED) is 0.765. The molecule has 4 rings (SSSR count). The number of nitrogens with zero attached hydrogens (tertiary/aromatic N) is 2. The average molecular weight is 342 g/mol. The van der Waals surface area contributed by atoms with E-state index in [1.165, 1.54) is 5.56 Å². The highest BCUT2D eigenvalue weighted by Gasteiger charge is 2.22. The van der Waals surface area contributed by atoms with E-state index in [-0.39, 0.29) is 0 Å². The molecular formula is C19H20ClN3O. The first kappa shape index (κ1) is 15.6. The van der Waals surface area contributed by atoms with Crippen molar-refractivity contribution in [2.75, 3.05) is 13.1 Å². The van der Waals surface area contributed by atoms with Crippen LogP contribution in [0.3, 0.4) is 0 Å². The Kier molecular flexibility index (Phi) is 4.52. The van der Waals surface area contributed by atoms with E-state index in [2.05, 4.69) is 45.5 Å². The number of nitrogens with one attached hydrogen (secondary N) is 1. The van der Waals surface area contributed by atoms with Crippen LogP contribution >= 0.6 is 11.6 Å². The standard InChI is InChI=1S/C19H20ClN3O/c20-15-6-7-17-18(10-15)24-19(22-17)11-21-16-8-9-23(13-16)12-14-4-2-1-3-5-14/h1-7,10,16,21H,8-9,11-13H2/t16-/m1/s1. The average Bonchev–Trinajstić information content (AvgIpc) is 3.20. The maximum absolute atomic E-state index is 5.98. The Balaban J connectivity index is 1.31. The van der Waals surface area contributed by atoms with Crippen molar-refractivity contribution in [1.82, 2.24) is 15.2 Å². The van der Waals surface area contributed by atoms with Gasteiger partial charge in [0.25, 0.3) is 0 Å². The van der Waals surface area contributed by atoms with E-state index in [0.717, 1.165) is 37.2 Å². The van der Waals surface area contributed by atoms with Crippen molar-refractivity contribution in [3.8, 4) is 0 Å². The number of benzene rings is 2. The highest BCUT2D eigenvalue weighted by Crippen LogP contribution is 2.20. The number of aromatic nitrogens is 1. The van der Waals surface area contributed by atoms with Gasteiger partial charge < -0.3 is 9.73 Å². The smallest absolute Gasteiger partial charge is 0.209 e. The minimum Gasteiger partial charge on any atom is -0.439 e. The van der Waals surface area contributed by atoms with Crippen molar-refractivity contribution < 1.29 is 4.42 Å². The summed E-state index contributed by atoms with van der Waals surface area (Å²) in [6, 6.07) is 16.6. The molecule has 0 unspecified atom stereocenters. The summed E-state index contributed by atoms with van der Waals surface area (Å²) in [7, 11) is 0. The van der Waals surface area contributed by atoms with Crippen LogP contribution in [0.15, 0.2) is 52.9 Å². The van der Waals surface area contributed by atoms with Crippen molar-refractivity contribution >= 4 is 22.7 Å². The van der Waals surface area contributed by atoms with Crippen LogP contribution in [0, 0.1) is 0 Å². The van der Waals surface area contributed by atoms with E-state index in [1.807, 2.05) is 18.2 Å². The van der Waals surface area contributed by atoms with Gasteiger partial charge in [0.1, 0.15) is 5.52 Å². The molecular weight excluding hydrogens is 322 g/mol. The van der Waals surface area contributed by atoms with Gasteiger partial charge in [0.05, 0.1) is 6.54 Å². The predicted molar refractivity (Wildman–Crippen MR) is 96.0 cm³/mol. The van der Waals surface area contributed by atoms with Crippen molar-refractivity contribution in [3.63, 3.8) is 0 Å². The van der Waals surface area contributed by atoms with Crippen LogP contribution in [-0.2, 0) is 13.1 Å². The van der Waals surface area contributed by atoms with E-state index in [1.54, 1.807) is 0 Å². The van der Waals surface area contributed by atoms with Gasteiger partial charge in [-0.1, -0.05) is 41.9 Å². The zero-order valence-electron chi connectivity index (χ0n) is 13.4. The fourth-order valence-electron chi connectivity index (χ4n) is 3.24. The Morgan fingerprint density at radius 3 is 2.96 bits per heavy atom. The maximum Gasteiger partial charge on any atom is 0.209 e. The van der Waals surface area contributed by atoms with E-state index >= 15 is 0 Å². The Bertz CT molecular complexity index is 818. The lowest BCUT2D eigenvalue weighted by atomic mass is 10.2. The molecule has 24 heavy (non-hydrogen) atoms. The molecule has 1 atom stereocenters. The number of halogens is 1. The zero-order valence-corrected chi connectivity index (χ0v) is 14.2. The van der Waals surface area contributed by atoms with Crippen LogP contribution in [0.1, 0.15) is 17.9 Å². The van der Waals surface area contributed by atoms with Gasteiger partial charge in [-0.25, -0.2) is 4.98 Å². The number of rotatable bonds is 5. The molecule has 5 heteroatoms. The molecule has 1 aromatic heterocycles. The lowest BCUT2D eigenvalue weighted by Crippen LogP contribution is -2.32. The van der Waals surface area contributed by atoms with Crippen LogP contribution < -0.4 is 5.32 Å². The van der Waals surface area contributed by atoms with E-state index in [9.17, 15) is 0 Å². The third kappa shape index (κ3) is 3.61. The second-order valence-corrected chi connectivity index (χ2v) is 6.74. The molecule has 1 N–H and O–H groups in total. The zero-order chi connectivity index (χ0) is 16.4. The summed E-state index contributed by atoms with van der Waals surface area (Å²) >= 11 is 5.98. The van der Waals surface area contributed by atoms with E-state index in [0.29, 0.717) is 23.5 Å². The van der Waals surface area contributed by atoms with Gasteiger partial charge in [0.2, 0.25) is 5.89 Å². The Morgan fingerprint density at radius 2 is 2.08 bits per heavy atom. The minimum absolute atomic E-state index is 0.479. The summed E-state index contributed by atoms with van der Waals surface area (Å²) < 4.78 is 5.76. The molecule has 1 saturated heterocycles. The molecule has 0 aliphatic carbocycles. The fourth-order valence-corrected chi connectivity index (χ4v) is 3.40. The van der Waals surface area contributed by atoms with Crippen LogP contribution in [-0.4, -0.2) is 29.0 Å². The molecule has 0 radical (unpaired) electrons. The maximum atomic E-state index is 5.98. The summed E-state index contributed by atoms with van der Waals surface area (Å²) in [6.45, 7) is 3.84. The van der Waals surface area contributed by atoms with Gasteiger partial charge in [0.15, 0.2) is 5.58 Å². The third-order valence-electron chi connectivity index (χ3n) is 4.46. The van der Waals surface area contributed by atoms with E-state index < -0.39 is 0 Å². The van der Waals surface area contributed by atoms with Gasteiger partial charge in [0, 0.05) is 36.8 Å². The lowest BCUT2D eigenvalue weighted by molar-refractivity contribution is 0.318. The summed E-state index contributed by atoms with van der Waals surface area (Å²) in [5.74, 6) is 0.716. The van der Waals surface area contributed by atoms with E-state index in [4.69, 9.17) is 16.0 Å². The number of fused-ring (bicyclic) bond motifs is 1. The van der Waals surface area contributed by atoms with Gasteiger partial charge >= 0.3 is 0 Å². The Hall–Kier alpha value is -1.88. The van der Waals surface area contributed by atoms with Gasteiger partial charge in [-0.2, -0.15) is 0 Å². The van der Waals surface area contributed by atoms with Gasteiger partial charge in [-0.15, -0.1) is 0 Å². The first-order chi connectivity index (χ1) is 11.8. The summed E-state index contributed by atoms with van der Waals surface area (Å²) in [6.07, 6.45) is 1.15. The Morgan fingerprint density at radius 1 is 1.21 bits per heavy atom. The fraction of sp³-hybridized carbons (Fsp3) is 0.316. The molecule has 1 aliphatic rings. The van der Waals surface area contributed by atoms with Gasteiger partial charge in [-0.3, -0.25) is 4.90 Å². The molecule has 0 amide bonds. The molecule has 1 aliphatic heterocycles. The second-order valence-electron chi connectivity index (χ2n) is 6.31. The van der Waals surface area contributed by atoms with Crippen LogP contribution in [0.2, 0.25) is 5.02 Å². The monoisotopic (exact) mass is 341 g/mol. The van der Waals surface area contributed by atoms with Crippen molar-refractivity contribution in [1.29, 1.82) is 0 Å². The number of likely N-dealkylation sites (tertiary alicyclic amines) is 1. The molecule has 2 aromatic carbocycles. The molecule has 0 spiro atoms. The lowest BCUT2D eigenvalue weighted by Gasteiger charge is -2.16. The summed E-state index contributed by atoms with van der Waals surface area (Å²) in [5.41, 5.74) is 2.97. The van der Waals surface area contributed by atoms with Crippen LogP contribution in [0.25, 0.3) is 11.1 Å². The molecule has 3 aromatic rings. The molecule has 124 valence electrons. The SMILES string of the molecule is Clc1ccc2nc(CN[C@@H]3CCN(Cc4ccccc4)C3)oc2c1. The highest BCUT2D eigenvalue weighted by atomic mass is 35.5. The molecule has 0 saturated carbocycles. The molecule has 2 heterocycles. The van der Waals surface area contributed by atoms with Crippen molar-refractivity contribution in [2.24, 2.45) is 0 Å². The Labute approximate surface area is 146 Å². The molecule has 4 nitrogen and oxygen atoms in total. The van der Waals surface area contributed by atoms with Crippen LogP contribution in [0.4, 0.5) is 0 Å². The van der Waals surface area contributed by atoms with Crippen LogP contribution in [0.5, 0.6) is 0 Å². The number of hydrogen-bond acceptors (Lipinski definition) is 4. The third-order valence-corrected chi connectivity index (χ3v) is 4.69. The van der Waals surface area contributed by atoms with Crippen molar-refractivity contribution in [3.05, 3.63) is 65.0 Å². The predicted octanol–water partition coefficient (Wildman–Crippen LogP) is 3.85. The molecule has 1 fully saturated rings. The molecule has 0 bridgehead atoms. The van der Waals surface area contributed by atoms with Gasteiger partial charge in [-0.05, 0) is 24.1 Å². The topological polar surface area (TPSA) is 41.3 Å². The normalized spacial score (nSPS) is 18.5. The number of hydrogen-bond donors (Lipinski definition) is 1. The minimum atomic E-state index is 0.479. The first-order valence-corrected chi connectivity index (χ1v) is 8.69. The largest absolute Gasteiger partial charge is 0.439 e.